The van der Waals surface area contributed by atoms with E-state index in [1.807, 2.05) is 31.2 Å². The number of carbonyl (C=O) groups excluding carboxylic acids is 1. The van der Waals surface area contributed by atoms with Gasteiger partial charge in [0.2, 0.25) is 0 Å². The first-order valence-electron chi connectivity index (χ1n) is 6.99. The van der Waals surface area contributed by atoms with Gasteiger partial charge < -0.3 is 15.4 Å². The summed E-state index contributed by atoms with van der Waals surface area (Å²) in [7, 11) is 0. The second-order valence-corrected chi connectivity index (χ2v) is 4.97. The van der Waals surface area contributed by atoms with E-state index in [4.69, 9.17) is 4.74 Å². The topological polar surface area (TPSA) is 68.2 Å². The van der Waals surface area contributed by atoms with Crippen LogP contribution in [0.4, 0.5) is 5.82 Å². The van der Waals surface area contributed by atoms with Crippen LogP contribution in [0.1, 0.15) is 5.56 Å². The van der Waals surface area contributed by atoms with Crippen molar-refractivity contribution >= 4 is 11.7 Å². The fourth-order valence-electron chi connectivity index (χ4n) is 2.33. The van der Waals surface area contributed by atoms with Crippen LogP contribution in [0.25, 0.3) is 5.69 Å². The highest BCUT2D eigenvalue weighted by Gasteiger charge is 2.22. The van der Waals surface area contributed by atoms with Crippen LogP contribution in [0.3, 0.4) is 0 Å². The third-order valence-electron chi connectivity index (χ3n) is 3.46. The Morgan fingerprint density at radius 1 is 1.43 bits per heavy atom. The van der Waals surface area contributed by atoms with E-state index >= 15 is 0 Å². The van der Waals surface area contributed by atoms with Crippen molar-refractivity contribution in [1.29, 1.82) is 0 Å². The Hall–Kier alpha value is -2.18. The maximum absolute atomic E-state index is 12.2. The van der Waals surface area contributed by atoms with Gasteiger partial charge in [0.25, 0.3) is 5.91 Å². The molecule has 2 N–H and O–H groups in total. The quantitative estimate of drug-likeness (QED) is 0.887. The lowest BCUT2D eigenvalue weighted by molar-refractivity contribution is -0.128. The Balaban J connectivity index is 1.80. The summed E-state index contributed by atoms with van der Waals surface area (Å²) in [5.41, 5.74) is 2.03. The number of aromatic nitrogens is 2. The molecule has 1 aromatic carbocycles. The van der Waals surface area contributed by atoms with Gasteiger partial charge in [0.1, 0.15) is 11.9 Å². The summed E-state index contributed by atoms with van der Waals surface area (Å²) >= 11 is 0. The SMILES string of the molecule is Cc1ccccc1-n1nccc1NC(=O)C1CNCCO1. The summed E-state index contributed by atoms with van der Waals surface area (Å²) in [5.74, 6) is 0.487. The Bertz CT molecular complexity index is 632. The van der Waals surface area contributed by atoms with Crippen LogP contribution >= 0.6 is 0 Å². The summed E-state index contributed by atoms with van der Waals surface area (Å²) in [5, 5.41) is 10.3. The molecule has 1 aliphatic rings. The first-order valence-corrected chi connectivity index (χ1v) is 6.99. The summed E-state index contributed by atoms with van der Waals surface area (Å²) < 4.78 is 7.18. The van der Waals surface area contributed by atoms with Gasteiger partial charge >= 0.3 is 0 Å². The lowest BCUT2D eigenvalue weighted by Gasteiger charge is -2.22. The number of hydrogen-bond acceptors (Lipinski definition) is 4. The Kier molecular flexibility index (Phi) is 3.98. The first kappa shape index (κ1) is 13.8. The number of carbonyl (C=O) groups is 1. The Morgan fingerprint density at radius 3 is 3.05 bits per heavy atom. The lowest BCUT2D eigenvalue weighted by atomic mass is 10.2. The monoisotopic (exact) mass is 286 g/mol. The van der Waals surface area contributed by atoms with Gasteiger partial charge in [-0.2, -0.15) is 5.10 Å². The van der Waals surface area contributed by atoms with E-state index in [1.54, 1.807) is 16.9 Å². The van der Waals surface area contributed by atoms with E-state index in [-0.39, 0.29) is 5.91 Å². The number of amides is 1. The smallest absolute Gasteiger partial charge is 0.255 e. The van der Waals surface area contributed by atoms with Crippen LogP contribution < -0.4 is 10.6 Å². The third kappa shape index (κ3) is 2.96. The predicted octanol–water partition coefficient (Wildman–Crippen LogP) is 1.11. The molecule has 110 valence electrons. The molecule has 0 radical (unpaired) electrons. The van der Waals surface area contributed by atoms with Gasteiger partial charge in [0, 0.05) is 19.2 Å². The Morgan fingerprint density at radius 2 is 2.29 bits per heavy atom. The highest BCUT2D eigenvalue weighted by molar-refractivity contribution is 5.94. The molecule has 1 aliphatic heterocycles. The first-order chi connectivity index (χ1) is 10.3. The van der Waals surface area contributed by atoms with Crippen LogP contribution in [0.2, 0.25) is 0 Å². The molecule has 3 rings (SSSR count). The number of ether oxygens (including phenoxy) is 1. The van der Waals surface area contributed by atoms with Gasteiger partial charge in [0.05, 0.1) is 18.5 Å². The van der Waals surface area contributed by atoms with Crippen LogP contribution in [-0.4, -0.2) is 41.5 Å². The van der Waals surface area contributed by atoms with Gasteiger partial charge in [-0.05, 0) is 18.6 Å². The molecule has 1 saturated heterocycles. The highest BCUT2D eigenvalue weighted by Crippen LogP contribution is 2.18. The molecule has 21 heavy (non-hydrogen) atoms. The summed E-state index contributed by atoms with van der Waals surface area (Å²) in [6.45, 7) is 3.88. The van der Waals surface area contributed by atoms with Crippen molar-refractivity contribution in [2.24, 2.45) is 0 Å². The zero-order valence-corrected chi connectivity index (χ0v) is 11.9. The number of morpholine rings is 1. The van der Waals surface area contributed by atoms with Crippen LogP contribution in [-0.2, 0) is 9.53 Å². The van der Waals surface area contributed by atoms with Crippen LogP contribution in [0, 0.1) is 6.92 Å². The van der Waals surface area contributed by atoms with E-state index in [0.29, 0.717) is 19.0 Å². The maximum Gasteiger partial charge on any atom is 0.255 e. The van der Waals surface area contributed by atoms with E-state index in [9.17, 15) is 4.79 Å². The number of nitrogens with zero attached hydrogens (tertiary/aromatic N) is 2. The van der Waals surface area contributed by atoms with Gasteiger partial charge in [-0.25, -0.2) is 4.68 Å². The van der Waals surface area contributed by atoms with Crippen molar-refractivity contribution in [2.75, 3.05) is 25.0 Å². The fourth-order valence-corrected chi connectivity index (χ4v) is 2.33. The number of hydrogen-bond donors (Lipinski definition) is 2. The molecule has 0 bridgehead atoms. The summed E-state index contributed by atoms with van der Waals surface area (Å²) in [6, 6.07) is 9.68. The molecule has 1 amide bonds. The Labute approximate surface area is 123 Å². The number of benzene rings is 1. The van der Waals surface area contributed by atoms with E-state index in [2.05, 4.69) is 15.7 Å². The fraction of sp³-hybridized carbons (Fsp3) is 0.333. The van der Waals surface area contributed by atoms with Crippen molar-refractivity contribution in [2.45, 2.75) is 13.0 Å². The zero-order valence-electron chi connectivity index (χ0n) is 11.9. The van der Waals surface area contributed by atoms with Gasteiger partial charge in [-0.3, -0.25) is 4.79 Å². The molecule has 1 atom stereocenters. The van der Waals surface area contributed by atoms with Crippen molar-refractivity contribution in [3.8, 4) is 5.69 Å². The molecular weight excluding hydrogens is 268 g/mol. The zero-order chi connectivity index (χ0) is 14.7. The number of nitrogens with one attached hydrogen (secondary N) is 2. The largest absolute Gasteiger partial charge is 0.366 e. The van der Waals surface area contributed by atoms with Gasteiger partial charge in [-0.1, -0.05) is 18.2 Å². The average Bonchev–Trinajstić information content (AvgIpc) is 2.96. The highest BCUT2D eigenvalue weighted by atomic mass is 16.5. The molecule has 0 aliphatic carbocycles. The molecule has 0 saturated carbocycles. The number of para-hydroxylation sites is 1. The van der Waals surface area contributed by atoms with Gasteiger partial charge in [-0.15, -0.1) is 0 Å². The van der Waals surface area contributed by atoms with Crippen LogP contribution in [0.15, 0.2) is 36.5 Å². The molecule has 1 fully saturated rings. The molecule has 6 heteroatoms. The minimum absolute atomic E-state index is 0.155. The van der Waals surface area contributed by atoms with E-state index in [1.165, 1.54) is 0 Å². The standard InChI is InChI=1S/C15H18N4O2/c1-11-4-2-3-5-12(11)19-14(6-7-17-19)18-15(20)13-10-16-8-9-21-13/h2-7,13,16H,8-10H2,1H3,(H,18,20). The predicted molar refractivity (Wildman–Crippen MR) is 79.5 cm³/mol. The van der Waals surface area contributed by atoms with Crippen LogP contribution in [0.5, 0.6) is 0 Å². The number of anilines is 1. The molecule has 1 unspecified atom stereocenters. The normalized spacial score (nSPS) is 18.4. The van der Waals surface area contributed by atoms with Crippen molar-refractivity contribution in [3.05, 3.63) is 42.1 Å². The summed E-state index contributed by atoms with van der Waals surface area (Å²) in [4.78, 5) is 12.2. The van der Waals surface area contributed by atoms with Crippen molar-refractivity contribution in [1.82, 2.24) is 15.1 Å². The van der Waals surface area contributed by atoms with Gasteiger partial charge in [0.15, 0.2) is 0 Å². The molecule has 2 aromatic rings. The number of rotatable bonds is 3. The van der Waals surface area contributed by atoms with E-state index in [0.717, 1.165) is 17.8 Å². The average molecular weight is 286 g/mol. The second kappa shape index (κ2) is 6.07. The minimum atomic E-state index is -0.459. The second-order valence-electron chi connectivity index (χ2n) is 4.97. The number of aryl methyl sites for hydroxylation is 1. The minimum Gasteiger partial charge on any atom is -0.366 e. The van der Waals surface area contributed by atoms with Crippen molar-refractivity contribution in [3.63, 3.8) is 0 Å². The van der Waals surface area contributed by atoms with Crippen molar-refractivity contribution < 1.29 is 9.53 Å². The molecule has 6 nitrogen and oxygen atoms in total. The molecule has 1 aromatic heterocycles. The maximum atomic E-state index is 12.2. The lowest BCUT2D eigenvalue weighted by Crippen LogP contribution is -2.45. The summed E-state index contributed by atoms with van der Waals surface area (Å²) in [6.07, 6.45) is 1.21. The molecule has 0 spiro atoms. The molecular formula is C15H18N4O2. The van der Waals surface area contributed by atoms with E-state index < -0.39 is 6.10 Å². The molecule has 2 heterocycles. The third-order valence-corrected chi connectivity index (χ3v) is 3.46.